The van der Waals surface area contributed by atoms with E-state index in [9.17, 15) is 14.7 Å². The summed E-state index contributed by atoms with van der Waals surface area (Å²) in [7, 11) is 0. The van der Waals surface area contributed by atoms with Gasteiger partial charge in [0, 0.05) is 6.07 Å². The van der Waals surface area contributed by atoms with Gasteiger partial charge in [-0.2, -0.15) is 0 Å². The average molecular weight is 300 g/mol. The Bertz CT molecular complexity index is 722. The molecule has 1 amide bonds. The molecule has 2 aromatic rings. The Hall–Kier alpha value is -2.63. The van der Waals surface area contributed by atoms with E-state index in [0.717, 1.165) is 11.1 Å². The molecule has 0 saturated heterocycles. The van der Waals surface area contributed by atoms with Crippen molar-refractivity contribution in [2.45, 2.75) is 31.7 Å². The molecule has 1 aliphatic rings. The Morgan fingerprint density at radius 1 is 1.36 bits per heavy atom. The molecule has 1 aromatic carbocycles. The van der Waals surface area contributed by atoms with Crippen LogP contribution in [0.1, 0.15) is 41.0 Å². The van der Waals surface area contributed by atoms with Crippen molar-refractivity contribution in [1.82, 2.24) is 10.5 Å². The number of aryl methyl sites for hydroxylation is 1. The molecule has 0 fully saturated rings. The van der Waals surface area contributed by atoms with Gasteiger partial charge in [-0.15, -0.1) is 0 Å². The standard InChI is InChI=1S/C16H16N2O4/c1-9-6-10(18-22-9)7-15(19)17-14-8-13(16(20)21)11-4-2-3-5-12(11)14/h2-6,13-14H,7-8H2,1H3,(H,17,19)(H,20,21). The Morgan fingerprint density at radius 3 is 2.73 bits per heavy atom. The molecule has 0 bridgehead atoms. The fourth-order valence-electron chi connectivity index (χ4n) is 2.92. The molecule has 114 valence electrons. The van der Waals surface area contributed by atoms with Gasteiger partial charge in [-0.1, -0.05) is 29.4 Å². The molecule has 2 N–H and O–H groups in total. The highest BCUT2D eigenvalue weighted by atomic mass is 16.5. The van der Waals surface area contributed by atoms with Crippen LogP contribution in [0.4, 0.5) is 0 Å². The Kier molecular flexibility index (Phi) is 3.66. The van der Waals surface area contributed by atoms with Crippen LogP contribution in [-0.2, 0) is 16.0 Å². The largest absolute Gasteiger partial charge is 0.481 e. The normalized spacial score (nSPS) is 19.7. The second kappa shape index (κ2) is 5.63. The monoisotopic (exact) mass is 300 g/mol. The molecule has 6 nitrogen and oxygen atoms in total. The van der Waals surface area contributed by atoms with Gasteiger partial charge in [0.1, 0.15) is 5.76 Å². The van der Waals surface area contributed by atoms with Gasteiger partial charge in [0.15, 0.2) is 0 Å². The molecule has 3 rings (SSSR count). The minimum Gasteiger partial charge on any atom is -0.481 e. The second-order valence-electron chi connectivity index (χ2n) is 5.48. The van der Waals surface area contributed by atoms with Crippen molar-refractivity contribution in [2.75, 3.05) is 0 Å². The Morgan fingerprint density at radius 2 is 2.09 bits per heavy atom. The van der Waals surface area contributed by atoms with Crippen LogP contribution in [0.3, 0.4) is 0 Å². The van der Waals surface area contributed by atoms with Crippen LogP contribution in [0.2, 0.25) is 0 Å². The van der Waals surface area contributed by atoms with E-state index >= 15 is 0 Å². The van der Waals surface area contributed by atoms with Crippen LogP contribution in [0.25, 0.3) is 0 Å². The third-order valence-corrected chi connectivity index (χ3v) is 3.87. The first-order valence-electron chi connectivity index (χ1n) is 7.08. The van der Waals surface area contributed by atoms with E-state index in [4.69, 9.17) is 4.52 Å². The summed E-state index contributed by atoms with van der Waals surface area (Å²) in [6.45, 7) is 1.76. The summed E-state index contributed by atoms with van der Waals surface area (Å²) in [6.07, 6.45) is 0.492. The van der Waals surface area contributed by atoms with Gasteiger partial charge in [0.2, 0.25) is 5.91 Å². The van der Waals surface area contributed by atoms with Gasteiger partial charge >= 0.3 is 5.97 Å². The third kappa shape index (κ3) is 2.72. The Balaban J connectivity index is 1.73. The number of benzene rings is 1. The third-order valence-electron chi connectivity index (χ3n) is 3.87. The summed E-state index contributed by atoms with van der Waals surface area (Å²) >= 11 is 0. The smallest absolute Gasteiger partial charge is 0.311 e. The maximum Gasteiger partial charge on any atom is 0.311 e. The van der Waals surface area contributed by atoms with Gasteiger partial charge in [0.25, 0.3) is 0 Å². The van der Waals surface area contributed by atoms with Crippen molar-refractivity contribution in [3.8, 4) is 0 Å². The number of amides is 1. The number of carbonyl (C=O) groups is 2. The number of nitrogens with one attached hydrogen (secondary N) is 1. The summed E-state index contributed by atoms with van der Waals surface area (Å²) in [6, 6.07) is 8.77. The van der Waals surface area contributed by atoms with Crippen molar-refractivity contribution in [3.63, 3.8) is 0 Å². The minimum atomic E-state index is -0.865. The number of hydrogen-bond acceptors (Lipinski definition) is 4. The number of aliphatic carboxylic acids is 1. The zero-order valence-corrected chi connectivity index (χ0v) is 12.1. The first-order chi connectivity index (χ1) is 10.5. The van der Waals surface area contributed by atoms with Crippen molar-refractivity contribution in [1.29, 1.82) is 0 Å². The molecular formula is C16H16N2O4. The number of fused-ring (bicyclic) bond motifs is 1. The van der Waals surface area contributed by atoms with Crippen molar-refractivity contribution < 1.29 is 19.2 Å². The predicted octanol–water partition coefficient (Wildman–Crippen LogP) is 1.95. The van der Waals surface area contributed by atoms with Crippen LogP contribution >= 0.6 is 0 Å². The van der Waals surface area contributed by atoms with Crippen LogP contribution in [0.15, 0.2) is 34.9 Å². The highest BCUT2D eigenvalue weighted by Crippen LogP contribution is 2.40. The van der Waals surface area contributed by atoms with E-state index in [-0.39, 0.29) is 18.4 Å². The SMILES string of the molecule is Cc1cc(CC(=O)NC2CC(C(=O)O)c3ccccc32)no1. The molecule has 0 aliphatic heterocycles. The lowest BCUT2D eigenvalue weighted by atomic mass is 10.0. The lowest BCUT2D eigenvalue weighted by Gasteiger charge is -2.13. The fourth-order valence-corrected chi connectivity index (χ4v) is 2.92. The fraction of sp³-hybridized carbons (Fsp3) is 0.312. The van der Waals surface area contributed by atoms with Gasteiger partial charge < -0.3 is 14.9 Å². The van der Waals surface area contributed by atoms with Gasteiger partial charge in [-0.05, 0) is 24.5 Å². The summed E-state index contributed by atoms with van der Waals surface area (Å²) in [5.41, 5.74) is 2.22. The number of nitrogens with zero attached hydrogens (tertiary/aromatic N) is 1. The first-order valence-corrected chi connectivity index (χ1v) is 7.08. The van der Waals surface area contributed by atoms with E-state index in [1.54, 1.807) is 19.1 Å². The second-order valence-corrected chi connectivity index (χ2v) is 5.48. The van der Waals surface area contributed by atoms with Crippen LogP contribution in [0, 0.1) is 6.92 Å². The number of carboxylic acid groups (broad SMARTS) is 1. The van der Waals surface area contributed by atoms with E-state index in [1.807, 2.05) is 18.2 Å². The number of rotatable bonds is 4. The average Bonchev–Trinajstić information content (AvgIpc) is 3.03. The highest BCUT2D eigenvalue weighted by molar-refractivity contribution is 5.81. The topological polar surface area (TPSA) is 92.4 Å². The molecule has 2 unspecified atom stereocenters. The number of carboxylic acids is 1. The van der Waals surface area contributed by atoms with Gasteiger partial charge in [-0.25, -0.2) is 0 Å². The van der Waals surface area contributed by atoms with Crippen LogP contribution in [-0.4, -0.2) is 22.1 Å². The number of aromatic nitrogens is 1. The molecule has 1 aliphatic carbocycles. The Labute approximate surface area is 127 Å². The van der Waals surface area contributed by atoms with E-state index < -0.39 is 11.9 Å². The maximum absolute atomic E-state index is 12.1. The zero-order chi connectivity index (χ0) is 15.7. The molecule has 2 atom stereocenters. The lowest BCUT2D eigenvalue weighted by molar-refractivity contribution is -0.139. The number of carbonyl (C=O) groups excluding carboxylic acids is 1. The molecule has 0 spiro atoms. The molecule has 0 saturated carbocycles. The summed E-state index contributed by atoms with van der Waals surface area (Å²) < 4.78 is 4.93. The van der Waals surface area contributed by atoms with E-state index in [1.165, 1.54) is 0 Å². The van der Waals surface area contributed by atoms with Crippen molar-refractivity contribution in [3.05, 3.63) is 52.9 Å². The minimum absolute atomic E-state index is 0.119. The van der Waals surface area contributed by atoms with E-state index in [2.05, 4.69) is 10.5 Å². The van der Waals surface area contributed by atoms with Gasteiger partial charge in [-0.3, -0.25) is 9.59 Å². The number of hydrogen-bond donors (Lipinski definition) is 2. The molecule has 1 heterocycles. The molecule has 22 heavy (non-hydrogen) atoms. The molecular weight excluding hydrogens is 284 g/mol. The quantitative estimate of drug-likeness (QED) is 0.900. The molecule has 0 radical (unpaired) electrons. The summed E-state index contributed by atoms with van der Waals surface area (Å²) in [4.78, 5) is 23.5. The maximum atomic E-state index is 12.1. The van der Waals surface area contributed by atoms with Crippen LogP contribution < -0.4 is 5.32 Å². The summed E-state index contributed by atoms with van der Waals surface area (Å²) in [5.74, 6) is -0.980. The molecule has 6 heteroatoms. The zero-order valence-electron chi connectivity index (χ0n) is 12.1. The predicted molar refractivity (Wildman–Crippen MR) is 77.3 cm³/mol. The molecule has 1 aromatic heterocycles. The van der Waals surface area contributed by atoms with Crippen LogP contribution in [0.5, 0.6) is 0 Å². The highest BCUT2D eigenvalue weighted by Gasteiger charge is 2.35. The van der Waals surface area contributed by atoms with Crippen molar-refractivity contribution in [2.24, 2.45) is 0 Å². The lowest BCUT2D eigenvalue weighted by Crippen LogP contribution is -2.29. The first kappa shape index (κ1) is 14.3. The van der Waals surface area contributed by atoms with Gasteiger partial charge in [0.05, 0.1) is 24.1 Å². The summed E-state index contributed by atoms with van der Waals surface area (Å²) in [5, 5.41) is 16.0. The van der Waals surface area contributed by atoms with Crippen molar-refractivity contribution >= 4 is 11.9 Å². The van der Waals surface area contributed by atoms with E-state index in [0.29, 0.717) is 17.9 Å².